The molecule has 1 aromatic carbocycles. The van der Waals surface area contributed by atoms with Gasteiger partial charge in [-0.1, -0.05) is 17.3 Å². The van der Waals surface area contributed by atoms with Crippen molar-refractivity contribution in [2.75, 3.05) is 62.6 Å². The first kappa shape index (κ1) is 21.9. The molecule has 0 spiro atoms. The van der Waals surface area contributed by atoms with Gasteiger partial charge in [-0.2, -0.15) is 11.8 Å². The van der Waals surface area contributed by atoms with Crippen molar-refractivity contribution in [2.24, 2.45) is 0 Å². The minimum absolute atomic E-state index is 0.0304. The Hall–Kier alpha value is -2.36. The SMILES string of the molecule is Cc1cc(C(=O)N2CCN(CC(=O)Nc3cccc(CN4CCSCC4)c3)CC2)on1. The van der Waals surface area contributed by atoms with Gasteiger partial charge in [0.1, 0.15) is 0 Å². The van der Waals surface area contributed by atoms with Crippen LogP contribution in [0.1, 0.15) is 21.8 Å². The Morgan fingerprint density at radius 3 is 2.55 bits per heavy atom. The van der Waals surface area contributed by atoms with Crippen molar-refractivity contribution < 1.29 is 14.1 Å². The molecule has 2 aliphatic heterocycles. The van der Waals surface area contributed by atoms with Crippen molar-refractivity contribution in [3.05, 3.63) is 47.3 Å². The van der Waals surface area contributed by atoms with Crippen LogP contribution in [0.2, 0.25) is 0 Å². The molecule has 166 valence electrons. The highest BCUT2D eigenvalue weighted by atomic mass is 32.2. The average molecular weight is 444 g/mol. The Balaban J connectivity index is 1.23. The van der Waals surface area contributed by atoms with E-state index in [-0.39, 0.29) is 17.6 Å². The van der Waals surface area contributed by atoms with Crippen LogP contribution in [0.3, 0.4) is 0 Å². The van der Waals surface area contributed by atoms with E-state index < -0.39 is 0 Å². The van der Waals surface area contributed by atoms with Crippen molar-refractivity contribution in [1.29, 1.82) is 0 Å². The summed E-state index contributed by atoms with van der Waals surface area (Å²) in [5.41, 5.74) is 2.75. The fraction of sp³-hybridized carbons (Fsp3) is 0.500. The number of aromatic nitrogens is 1. The third-order valence-electron chi connectivity index (χ3n) is 5.59. The maximum atomic E-state index is 12.6. The van der Waals surface area contributed by atoms with Gasteiger partial charge in [0.05, 0.1) is 12.2 Å². The van der Waals surface area contributed by atoms with Gasteiger partial charge >= 0.3 is 0 Å². The minimum Gasteiger partial charge on any atom is -0.351 e. The van der Waals surface area contributed by atoms with E-state index in [1.807, 2.05) is 23.9 Å². The van der Waals surface area contributed by atoms with Gasteiger partial charge in [0.15, 0.2) is 0 Å². The van der Waals surface area contributed by atoms with Gasteiger partial charge in [0, 0.05) is 69.1 Å². The van der Waals surface area contributed by atoms with Gasteiger partial charge in [0.25, 0.3) is 5.91 Å². The molecule has 0 aliphatic carbocycles. The highest BCUT2D eigenvalue weighted by Crippen LogP contribution is 2.16. The normalized spacial score (nSPS) is 18.2. The number of thioether (sulfide) groups is 1. The molecule has 1 aromatic heterocycles. The highest BCUT2D eigenvalue weighted by molar-refractivity contribution is 7.99. The second-order valence-electron chi connectivity index (χ2n) is 8.04. The summed E-state index contributed by atoms with van der Waals surface area (Å²) in [5, 5.41) is 6.80. The van der Waals surface area contributed by atoms with Gasteiger partial charge in [-0.25, -0.2) is 0 Å². The molecule has 3 heterocycles. The number of carbonyl (C=O) groups is 2. The Labute approximate surface area is 186 Å². The van der Waals surface area contributed by atoms with E-state index >= 15 is 0 Å². The van der Waals surface area contributed by atoms with Crippen LogP contribution >= 0.6 is 11.8 Å². The second kappa shape index (κ2) is 10.3. The molecular formula is C22H29N5O3S. The lowest BCUT2D eigenvalue weighted by molar-refractivity contribution is -0.117. The monoisotopic (exact) mass is 443 g/mol. The van der Waals surface area contributed by atoms with Crippen molar-refractivity contribution in [2.45, 2.75) is 13.5 Å². The summed E-state index contributed by atoms with van der Waals surface area (Å²) in [4.78, 5) is 31.3. The number of nitrogens with one attached hydrogen (secondary N) is 1. The van der Waals surface area contributed by atoms with E-state index in [1.165, 1.54) is 17.1 Å². The number of amides is 2. The van der Waals surface area contributed by atoms with Crippen molar-refractivity contribution in [3.63, 3.8) is 0 Å². The Bertz CT molecular complexity index is 904. The first-order chi connectivity index (χ1) is 15.1. The lowest BCUT2D eigenvalue weighted by atomic mass is 10.2. The zero-order chi connectivity index (χ0) is 21.6. The minimum atomic E-state index is -0.145. The van der Waals surface area contributed by atoms with Crippen LogP contribution in [0.15, 0.2) is 34.9 Å². The van der Waals surface area contributed by atoms with E-state index in [0.717, 1.165) is 25.3 Å². The molecule has 9 heteroatoms. The van der Waals surface area contributed by atoms with Crippen LogP contribution in [0.4, 0.5) is 5.69 Å². The molecule has 4 rings (SSSR count). The number of aryl methyl sites for hydroxylation is 1. The van der Waals surface area contributed by atoms with Crippen molar-refractivity contribution >= 4 is 29.3 Å². The maximum absolute atomic E-state index is 12.6. The summed E-state index contributed by atoms with van der Waals surface area (Å²) in [7, 11) is 0. The van der Waals surface area contributed by atoms with Crippen LogP contribution in [0, 0.1) is 6.92 Å². The number of nitrogens with zero attached hydrogens (tertiary/aromatic N) is 4. The van der Waals surface area contributed by atoms with Gasteiger partial charge in [-0.05, 0) is 24.6 Å². The maximum Gasteiger partial charge on any atom is 0.292 e. The molecule has 0 atom stereocenters. The highest BCUT2D eigenvalue weighted by Gasteiger charge is 2.25. The average Bonchev–Trinajstić information content (AvgIpc) is 3.21. The van der Waals surface area contributed by atoms with Gasteiger partial charge < -0.3 is 14.7 Å². The molecule has 0 bridgehead atoms. The van der Waals surface area contributed by atoms with Crippen LogP contribution in [-0.4, -0.2) is 89.0 Å². The number of piperazine rings is 1. The predicted octanol–water partition coefficient (Wildman–Crippen LogP) is 1.93. The number of rotatable bonds is 6. The molecular weight excluding hydrogens is 414 g/mol. The molecule has 2 amide bonds. The molecule has 2 aromatic rings. The molecule has 1 N–H and O–H groups in total. The zero-order valence-corrected chi connectivity index (χ0v) is 18.7. The summed E-state index contributed by atoms with van der Waals surface area (Å²) in [6.45, 7) is 7.70. The Morgan fingerprint density at radius 1 is 1.06 bits per heavy atom. The summed E-state index contributed by atoms with van der Waals surface area (Å²) in [5.74, 6) is 2.47. The number of hydrogen-bond acceptors (Lipinski definition) is 7. The van der Waals surface area contributed by atoms with Crippen LogP contribution < -0.4 is 5.32 Å². The summed E-state index contributed by atoms with van der Waals surface area (Å²) in [6, 6.07) is 9.77. The van der Waals surface area contributed by atoms with E-state index in [9.17, 15) is 9.59 Å². The Kier molecular flexibility index (Phi) is 7.26. The number of hydrogen-bond donors (Lipinski definition) is 1. The quantitative estimate of drug-likeness (QED) is 0.731. The van der Waals surface area contributed by atoms with Crippen LogP contribution in [-0.2, 0) is 11.3 Å². The van der Waals surface area contributed by atoms with Gasteiger partial charge in [0.2, 0.25) is 11.7 Å². The smallest absolute Gasteiger partial charge is 0.292 e. The standard InChI is InChI=1S/C22H29N5O3S/c1-17-13-20(30-24-17)22(29)27-7-5-25(6-8-27)16-21(28)23-19-4-2-3-18(14-19)15-26-9-11-31-12-10-26/h2-4,13-14H,5-12,15-16H2,1H3,(H,23,28). The molecule has 2 aliphatic rings. The molecule has 0 saturated carbocycles. The third-order valence-corrected chi connectivity index (χ3v) is 6.53. The predicted molar refractivity (Wildman–Crippen MR) is 121 cm³/mol. The molecule has 0 unspecified atom stereocenters. The fourth-order valence-corrected chi connectivity index (χ4v) is 4.88. The van der Waals surface area contributed by atoms with E-state index in [1.54, 1.807) is 17.9 Å². The summed E-state index contributed by atoms with van der Waals surface area (Å²) >= 11 is 2.01. The molecule has 2 saturated heterocycles. The second-order valence-corrected chi connectivity index (χ2v) is 9.26. The number of carbonyl (C=O) groups excluding carboxylic acids is 2. The molecule has 0 radical (unpaired) electrons. The largest absolute Gasteiger partial charge is 0.351 e. The van der Waals surface area contributed by atoms with Gasteiger partial charge in [-0.15, -0.1) is 0 Å². The van der Waals surface area contributed by atoms with Crippen LogP contribution in [0.5, 0.6) is 0 Å². The molecule has 2 fully saturated rings. The molecule has 31 heavy (non-hydrogen) atoms. The van der Waals surface area contributed by atoms with Gasteiger partial charge in [-0.3, -0.25) is 19.4 Å². The first-order valence-electron chi connectivity index (χ1n) is 10.7. The first-order valence-corrected chi connectivity index (χ1v) is 11.9. The van der Waals surface area contributed by atoms with E-state index in [4.69, 9.17) is 4.52 Å². The van der Waals surface area contributed by atoms with E-state index in [0.29, 0.717) is 38.4 Å². The summed E-state index contributed by atoms with van der Waals surface area (Å²) in [6.07, 6.45) is 0. The van der Waals surface area contributed by atoms with Crippen molar-refractivity contribution in [3.8, 4) is 0 Å². The van der Waals surface area contributed by atoms with Crippen molar-refractivity contribution in [1.82, 2.24) is 19.9 Å². The number of anilines is 1. The lowest BCUT2D eigenvalue weighted by Crippen LogP contribution is -2.50. The Morgan fingerprint density at radius 2 is 1.84 bits per heavy atom. The zero-order valence-electron chi connectivity index (χ0n) is 17.9. The third kappa shape index (κ3) is 6.09. The fourth-order valence-electron chi connectivity index (χ4n) is 3.90. The number of benzene rings is 1. The van der Waals surface area contributed by atoms with E-state index in [2.05, 4.69) is 32.4 Å². The lowest BCUT2D eigenvalue weighted by Gasteiger charge is -2.33. The molecule has 8 nitrogen and oxygen atoms in total. The van der Waals surface area contributed by atoms with Crippen LogP contribution in [0.25, 0.3) is 0 Å². The topological polar surface area (TPSA) is 81.9 Å². The summed E-state index contributed by atoms with van der Waals surface area (Å²) < 4.78 is 5.07.